The molecule has 0 aliphatic heterocycles. The molecule has 1 saturated carbocycles. The van der Waals surface area contributed by atoms with E-state index in [1.807, 2.05) is 0 Å². The number of carbonyl (C=O) groups excluding carboxylic acids is 1. The number of fused-ring (bicyclic) bond motifs is 1. The molecule has 140 valence electrons. The highest BCUT2D eigenvalue weighted by molar-refractivity contribution is 6.30. The topological polar surface area (TPSA) is 57.8 Å². The molecule has 0 spiro atoms. The Kier molecular flexibility index (Phi) is 4.83. The van der Waals surface area contributed by atoms with Crippen molar-refractivity contribution >= 4 is 28.4 Å². The van der Waals surface area contributed by atoms with Gasteiger partial charge < -0.3 is 5.32 Å². The van der Waals surface area contributed by atoms with Crippen LogP contribution in [0.15, 0.2) is 36.5 Å². The number of benzene rings is 2. The van der Waals surface area contributed by atoms with Crippen LogP contribution in [0.4, 0.5) is 8.78 Å². The SMILES string of the molecule is O=C(N[C@H](c1c(F)ccc(Cl)c1F)C1CCCC1)c1ccc2[nH]ncc2c1. The highest BCUT2D eigenvalue weighted by atomic mass is 35.5. The molecule has 1 aliphatic rings. The second-order valence-corrected chi connectivity index (χ2v) is 7.33. The smallest absolute Gasteiger partial charge is 0.251 e. The molecule has 1 aliphatic carbocycles. The Morgan fingerprint density at radius 2 is 2.00 bits per heavy atom. The summed E-state index contributed by atoms with van der Waals surface area (Å²) in [7, 11) is 0. The van der Waals surface area contributed by atoms with E-state index in [2.05, 4.69) is 15.5 Å². The number of aromatic amines is 1. The lowest BCUT2D eigenvalue weighted by molar-refractivity contribution is 0.0920. The maximum absolute atomic E-state index is 14.6. The van der Waals surface area contributed by atoms with E-state index in [1.165, 1.54) is 6.07 Å². The third-order valence-electron chi connectivity index (χ3n) is 5.25. The number of hydrogen-bond donors (Lipinski definition) is 2. The highest BCUT2D eigenvalue weighted by Crippen LogP contribution is 2.39. The fraction of sp³-hybridized carbons (Fsp3) is 0.300. The minimum absolute atomic E-state index is 0.0333. The van der Waals surface area contributed by atoms with E-state index in [9.17, 15) is 13.6 Å². The van der Waals surface area contributed by atoms with Gasteiger partial charge >= 0.3 is 0 Å². The summed E-state index contributed by atoms with van der Waals surface area (Å²) >= 11 is 5.88. The van der Waals surface area contributed by atoms with Crippen molar-refractivity contribution in [3.63, 3.8) is 0 Å². The third-order valence-corrected chi connectivity index (χ3v) is 5.54. The van der Waals surface area contributed by atoms with Crippen molar-refractivity contribution in [2.75, 3.05) is 0 Å². The molecule has 1 aromatic heterocycles. The minimum Gasteiger partial charge on any atom is -0.345 e. The van der Waals surface area contributed by atoms with Gasteiger partial charge in [-0.25, -0.2) is 8.78 Å². The van der Waals surface area contributed by atoms with Crippen molar-refractivity contribution < 1.29 is 13.6 Å². The zero-order valence-corrected chi connectivity index (χ0v) is 15.2. The van der Waals surface area contributed by atoms with Gasteiger partial charge in [-0.1, -0.05) is 24.4 Å². The first-order valence-electron chi connectivity index (χ1n) is 8.92. The van der Waals surface area contributed by atoms with E-state index in [-0.39, 0.29) is 22.4 Å². The van der Waals surface area contributed by atoms with E-state index in [0.717, 1.165) is 42.7 Å². The molecule has 4 nitrogen and oxygen atoms in total. The molecule has 2 aromatic carbocycles. The van der Waals surface area contributed by atoms with Gasteiger partial charge in [0.1, 0.15) is 11.6 Å². The first-order valence-corrected chi connectivity index (χ1v) is 9.30. The number of H-pyrrole nitrogens is 1. The van der Waals surface area contributed by atoms with E-state index >= 15 is 0 Å². The molecule has 0 bridgehead atoms. The van der Waals surface area contributed by atoms with Gasteiger partial charge in [-0.2, -0.15) is 5.10 Å². The van der Waals surface area contributed by atoms with Crippen molar-refractivity contribution in [1.82, 2.24) is 15.5 Å². The fourth-order valence-electron chi connectivity index (χ4n) is 3.85. The van der Waals surface area contributed by atoms with Crippen LogP contribution < -0.4 is 5.32 Å². The predicted molar refractivity (Wildman–Crippen MR) is 99.6 cm³/mol. The molecule has 1 atom stereocenters. The zero-order chi connectivity index (χ0) is 19.0. The predicted octanol–water partition coefficient (Wildman–Crippen LogP) is 5.16. The van der Waals surface area contributed by atoms with Gasteiger partial charge in [-0.05, 0) is 49.1 Å². The quantitative estimate of drug-likeness (QED) is 0.606. The standard InChI is InChI=1S/C20H18ClF2N3O/c21-14-6-7-15(22)17(18(14)23)19(11-3-1-2-4-11)25-20(27)12-5-8-16-13(9-12)10-24-26-16/h5-11,19H,1-4H2,(H,24,26)(H,25,27)/t19-/m0/s1. The lowest BCUT2D eigenvalue weighted by atomic mass is 9.90. The number of hydrogen-bond acceptors (Lipinski definition) is 2. The Balaban J connectivity index is 1.69. The fourth-order valence-corrected chi connectivity index (χ4v) is 4.02. The maximum atomic E-state index is 14.6. The second-order valence-electron chi connectivity index (χ2n) is 6.92. The molecule has 1 fully saturated rings. The molecule has 2 N–H and O–H groups in total. The summed E-state index contributed by atoms with van der Waals surface area (Å²) in [6.45, 7) is 0. The van der Waals surface area contributed by atoms with Crippen molar-refractivity contribution in [1.29, 1.82) is 0 Å². The van der Waals surface area contributed by atoms with Gasteiger partial charge in [0.25, 0.3) is 5.91 Å². The Bertz CT molecular complexity index is 998. The Labute approximate surface area is 159 Å². The lowest BCUT2D eigenvalue weighted by Crippen LogP contribution is -2.34. The van der Waals surface area contributed by atoms with Crippen LogP contribution in [0, 0.1) is 17.6 Å². The second kappa shape index (κ2) is 7.27. The maximum Gasteiger partial charge on any atom is 0.251 e. The summed E-state index contributed by atoms with van der Waals surface area (Å²) in [4.78, 5) is 12.8. The Morgan fingerprint density at radius 1 is 1.22 bits per heavy atom. The summed E-state index contributed by atoms with van der Waals surface area (Å²) in [5.74, 6) is -1.92. The van der Waals surface area contributed by atoms with Crippen LogP contribution in [-0.4, -0.2) is 16.1 Å². The van der Waals surface area contributed by atoms with Crippen LogP contribution in [0.3, 0.4) is 0 Å². The first kappa shape index (κ1) is 17.9. The highest BCUT2D eigenvalue weighted by Gasteiger charge is 2.33. The molecule has 3 aromatic rings. The van der Waals surface area contributed by atoms with Crippen molar-refractivity contribution in [3.05, 3.63) is 64.3 Å². The van der Waals surface area contributed by atoms with Gasteiger partial charge in [-0.15, -0.1) is 0 Å². The number of nitrogens with one attached hydrogen (secondary N) is 2. The van der Waals surface area contributed by atoms with Crippen molar-refractivity contribution in [2.24, 2.45) is 5.92 Å². The minimum atomic E-state index is -0.806. The summed E-state index contributed by atoms with van der Waals surface area (Å²) in [5, 5.41) is 10.2. The van der Waals surface area contributed by atoms with Gasteiger partial charge in [0.15, 0.2) is 0 Å². The van der Waals surface area contributed by atoms with Crippen LogP contribution in [0.25, 0.3) is 10.9 Å². The normalized spacial score (nSPS) is 16.0. The average molecular weight is 390 g/mol. The van der Waals surface area contributed by atoms with Gasteiger partial charge in [-0.3, -0.25) is 9.89 Å². The van der Waals surface area contributed by atoms with E-state index in [0.29, 0.717) is 5.56 Å². The number of nitrogens with zero attached hydrogens (tertiary/aromatic N) is 1. The van der Waals surface area contributed by atoms with Gasteiger partial charge in [0.05, 0.1) is 22.8 Å². The molecular formula is C20H18ClF2N3O. The van der Waals surface area contributed by atoms with Crippen LogP contribution in [0.1, 0.15) is 47.6 Å². The summed E-state index contributed by atoms with van der Waals surface area (Å²) in [6.07, 6.45) is 5.18. The summed E-state index contributed by atoms with van der Waals surface area (Å²) in [5.41, 5.74) is 1.06. The molecule has 7 heteroatoms. The number of carbonyl (C=O) groups is 1. The van der Waals surface area contributed by atoms with Crippen LogP contribution in [0.2, 0.25) is 5.02 Å². The molecule has 1 heterocycles. The summed E-state index contributed by atoms with van der Waals surface area (Å²) < 4.78 is 29.1. The molecule has 0 saturated heterocycles. The first-order chi connectivity index (χ1) is 13.0. The largest absolute Gasteiger partial charge is 0.345 e. The average Bonchev–Trinajstić information content (AvgIpc) is 3.34. The lowest BCUT2D eigenvalue weighted by Gasteiger charge is -2.26. The number of amides is 1. The van der Waals surface area contributed by atoms with E-state index in [4.69, 9.17) is 11.6 Å². The van der Waals surface area contributed by atoms with Crippen molar-refractivity contribution in [2.45, 2.75) is 31.7 Å². The molecule has 0 unspecified atom stereocenters. The zero-order valence-electron chi connectivity index (χ0n) is 14.4. The number of rotatable bonds is 4. The van der Waals surface area contributed by atoms with Gasteiger partial charge in [0, 0.05) is 16.5 Å². The van der Waals surface area contributed by atoms with Crippen LogP contribution in [0.5, 0.6) is 0 Å². The van der Waals surface area contributed by atoms with E-state index in [1.54, 1.807) is 24.4 Å². The third kappa shape index (κ3) is 3.41. The summed E-state index contributed by atoms with van der Waals surface area (Å²) in [6, 6.07) is 6.68. The van der Waals surface area contributed by atoms with Crippen molar-refractivity contribution in [3.8, 4) is 0 Å². The molecule has 0 radical (unpaired) electrons. The Hall–Kier alpha value is -2.47. The van der Waals surface area contributed by atoms with Crippen LogP contribution in [-0.2, 0) is 0 Å². The number of aromatic nitrogens is 2. The molecule has 4 rings (SSSR count). The molecule has 1 amide bonds. The monoisotopic (exact) mass is 389 g/mol. The molecular weight excluding hydrogens is 372 g/mol. The van der Waals surface area contributed by atoms with Gasteiger partial charge in [0.2, 0.25) is 0 Å². The Morgan fingerprint density at radius 3 is 2.78 bits per heavy atom. The number of halogens is 3. The van der Waals surface area contributed by atoms with Crippen LogP contribution >= 0.6 is 11.6 Å². The molecule has 27 heavy (non-hydrogen) atoms. The van der Waals surface area contributed by atoms with E-state index < -0.39 is 17.7 Å².